The zero-order chi connectivity index (χ0) is 21.8. The molecule has 5 rings (SSSR count). The number of anilines is 1. The van der Waals surface area contributed by atoms with E-state index in [1.54, 1.807) is 8.99 Å². The molecule has 166 valence electrons. The predicted molar refractivity (Wildman–Crippen MR) is 114 cm³/mol. The molecule has 3 fully saturated rings. The molecule has 0 bridgehead atoms. The van der Waals surface area contributed by atoms with E-state index in [4.69, 9.17) is 0 Å². The highest BCUT2D eigenvalue weighted by molar-refractivity contribution is 7.90. The standard InChI is InChI=1S/C20H27N7O3S/c1-14-9-15(2)27(23-14)19-10-18(21-13-22-19)25-11-16(12-25)20(28)24-5-7-26(8-6-24)31(29,30)17-3-4-17/h9-10,13,16-17H,3-8,11-12H2,1-2H3. The zero-order valence-corrected chi connectivity index (χ0v) is 18.6. The van der Waals surface area contributed by atoms with Gasteiger partial charge in [-0.25, -0.2) is 23.1 Å². The normalized spacial score (nSPS) is 20.7. The average molecular weight is 446 g/mol. The quantitative estimate of drug-likeness (QED) is 0.654. The molecule has 2 saturated heterocycles. The number of hydrogen-bond acceptors (Lipinski definition) is 7. The maximum atomic E-state index is 12.9. The van der Waals surface area contributed by atoms with Crippen LogP contribution >= 0.6 is 0 Å². The van der Waals surface area contributed by atoms with Crippen LogP contribution in [0.5, 0.6) is 0 Å². The number of aryl methyl sites for hydroxylation is 2. The van der Waals surface area contributed by atoms with Crippen molar-refractivity contribution in [2.45, 2.75) is 31.9 Å². The van der Waals surface area contributed by atoms with E-state index >= 15 is 0 Å². The molecule has 0 N–H and O–H groups in total. The van der Waals surface area contributed by atoms with Crippen molar-refractivity contribution < 1.29 is 13.2 Å². The van der Waals surface area contributed by atoms with E-state index in [1.165, 1.54) is 6.33 Å². The van der Waals surface area contributed by atoms with Gasteiger partial charge in [-0.1, -0.05) is 0 Å². The highest BCUT2D eigenvalue weighted by Gasteiger charge is 2.42. The Hall–Kier alpha value is -2.53. The van der Waals surface area contributed by atoms with Crippen LogP contribution in [0.25, 0.3) is 5.82 Å². The minimum atomic E-state index is -3.16. The summed E-state index contributed by atoms with van der Waals surface area (Å²) in [5, 5.41) is 4.27. The molecule has 2 aromatic heterocycles. The van der Waals surface area contributed by atoms with Gasteiger partial charge in [-0.05, 0) is 32.8 Å². The number of aromatic nitrogens is 4. The first-order valence-electron chi connectivity index (χ1n) is 10.7. The van der Waals surface area contributed by atoms with Gasteiger partial charge in [-0.3, -0.25) is 4.79 Å². The molecule has 2 aromatic rings. The van der Waals surface area contributed by atoms with Crippen LogP contribution in [0, 0.1) is 19.8 Å². The first-order chi connectivity index (χ1) is 14.8. The van der Waals surface area contributed by atoms with Crippen molar-refractivity contribution in [3.05, 3.63) is 29.8 Å². The third-order valence-corrected chi connectivity index (χ3v) is 8.67. The summed E-state index contributed by atoms with van der Waals surface area (Å²) in [6, 6.07) is 3.89. The van der Waals surface area contributed by atoms with E-state index in [0.29, 0.717) is 45.1 Å². The zero-order valence-electron chi connectivity index (χ0n) is 17.8. The van der Waals surface area contributed by atoms with Crippen LogP contribution in [0.3, 0.4) is 0 Å². The van der Waals surface area contributed by atoms with Gasteiger partial charge in [-0.2, -0.15) is 9.40 Å². The number of sulfonamides is 1. The van der Waals surface area contributed by atoms with E-state index in [9.17, 15) is 13.2 Å². The molecule has 1 saturated carbocycles. The number of piperazine rings is 1. The van der Waals surface area contributed by atoms with Crippen LogP contribution in [0.15, 0.2) is 18.5 Å². The maximum absolute atomic E-state index is 12.9. The molecule has 0 radical (unpaired) electrons. The molecule has 11 heteroatoms. The van der Waals surface area contributed by atoms with Gasteiger partial charge in [0.2, 0.25) is 15.9 Å². The highest BCUT2D eigenvalue weighted by atomic mass is 32.2. The Morgan fingerprint density at radius 2 is 1.68 bits per heavy atom. The summed E-state index contributed by atoms with van der Waals surface area (Å²) in [5.74, 6) is 1.51. The lowest BCUT2D eigenvalue weighted by Crippen LogP contribution is -2.58. The number of rotatable bonds is 5. The Kier molecular flexibility index (Phi) is 4.97. The Balaban J connectivity index is 1.17. The molecule has 4 heterocycles. The molecule has 1 aliphatic carbocycles. The fourth-order valence-corrected chi connectivity index (χ4v) is 6.13. The molecule has 1 amide bonds. The van der Waals surface area contributed by atoms with Crippen molar-refractivity contribution in [3.63, 3.8) is 0 Å². The minimum Gasteiger partial charge on any atom is -0.355 e. The second-order valence-electron chi connectivity index (χ2n) is 8.64. The molecule has 0 aromatic carbocycles. The molecule has 3 aliphatic rings. The van der Waals surface area contributed by atoms with Crippen LogP contribution in [0.2, 0.25) is 0 Å². The van der Waals surface area contributed by atoms with E-state index in [0.717, 1.165) is 30.0 Å². The third kappa shape index (κ3) is 3.80. The summed E-state index contributed by atoms with van der Waals surface area (Å²) < 4.78 is 28.1. The Labute approximate surface area is 181 Å². The van der Waals surface area contributed by atoms with Crippen LogP contribution < -0.4 is 4.90 Å². The number of carbonyl (C=O) groups excluding carboxylic acids is 1. The van der Waals surface area contributed by atoms with Crippen LogP contribution in [-0.4, -0.2) is 87.8 Å². The largest absolute Gasteiger partial charge is 0.355 e. The van der Waals surface area contributed by atoms with Gasteiger partial charge in [0, 0.05) is 51.0 Å². The monoisotopic (exact) mass is 445 g/mol. The molecule has 0 spiro atoms. The van der Waals surface area contributed by atoms with Crippen LogP contribution in [0.1, 0.15) is 24.2 Å². The van der Waals surface area contributed by atoms with Gasteiger partial charge < -0.3 is 9.80 Å². The second kappa shape index (κ2) is 7.56. The summed E-state index contributed by atoms with van der Waals surface area (Å²) in [6.07, 6.45) is 3.06. The van der Waals surface area contributed by atoms with Gasteiger partial charge in [0.25, 0.3) is 0 Å². The topological polar surface area (TPSA) is 105 Å². The Bertz CT molecular complexity index is 1100. The maximum Gasteiger partial charge on any atom is 0.229 e. The lowest BCUT2D eigenvalue weighted by Gasteiger charge is -2.43. The molecule has 2 aliphatic heterocycles. The van der Waals surface area contributed by atoms with E-state index in [1.807, 2.05) is 30.9 Å². The van der Waals surface area contributed by atoms with Gasteiger partial charge in [-0.15, -0.1) is 0 Å². The molecular weight excluding hydrogens is 418 g/mol. The summed E-state index contributed by atoms with van der Waals surface area (Å²) in [6.45, 7) is 6.87. The predicted octanol–water partition coefficient (Wildman–Crippen LogP) is 0.352. The molecule has 0 atom stereocenters. The molecular formula is C20H27N7O3S. The fourth-order valence-electron chi connectivity index (χ4n) is 4.31. The summed E-state index contributed by atoms with van der Waals surface area (Å²) in [5.41, 5.74) is 1.93. The minimum absolute atomic E-state index is 0.0845. The van der Waals surface area contributed by atoms with Crippen LogP contribution in [-0.2, 0) is 14.8 Å². The SMILES string of the molecule is Cc1cc(C)n(-c2cc(N3CC(C(=O)N4CCN(S(=O)(=O)C5CC5)CC4)C3)ncn2)n1. The molecule has 0 unspecified atom stereocenters. The summed E-state index contributed by atoms with van der Waals surface area (Å²) in [7, 11) is -3.16. The number of nitrogens with zero attached hydrogens (tertiary/aromatic N) is 7. The first kappa shape index (κ1) is 20.4. The van der Waals surface area contributed by atoms with E-state index in [2.05, 4.69) is 20.0 Å². The lowest BCUT2D eigenvalue weighted by molar-refractivity contribution is -0.137. The molecule has 10 nitrogen and oxygen atoms in total. The number of amides is 1. The van der Waals surface area contributed by atoms with E-state index < -0.39 is 10.0 Å². The second-order valence-corrected chi connectivity index (χ2v) is 10.9. The first-order valence-corrected chi connectivity index (χ1v) is 12.2. The summed E-state index contributed by atoms with van der Waals surface area (Å²) >= 11 is 0. The summed E-state index contributed by atoms with van der Waals surface area (Å²) in [4.78, 5) is 25.4. The lowest BCUT2D eigenvalue weighted by atomic mass is 9.98. The Morgan fingerprint density at radius 3 is 2.29 bits per heavy atom. The van der Waals surface area contributed by atoms with Crippen molar-refractivity contribution in [3.8, 4) is 5.82 Å². The average Bonchev–Trinajstić information content (AvgIpc) is 3.52. The third-order valence-electron chi connectivity index (χ3n) is 6.28. The van der Waals surface area contributed by atoms with Gasteiger partial charge in [0.05, 0.1) is 16.9 Å². The van der Waals surface area contributed by atoms with Gasteiger partial charge in [0.1, 0.15) is 12.1 Å². The van der Waals surface area contributed by atoms with Crippen molar-refractivity contribution in [1.29, 1.82) is 0 Å². The fraction of sp³-hybridized carbons (Fsp3) is 0.600. The Morgan fingerprint density at radius 1 is 1.00 bits per heavy atom. The van der Waals surface area contributed by atoms with Gasteiger partial charge >= 0.3 is 0 Å². The number of hydrogen-bond donors (Lipinski definition) is 0. The van der Waals surface area contributed by atoms with Crippen molar-refractivity contribution >= 4 is 21.7 Å². The van der Waals surface area contributed by atoms with E-state index in [-0.39, 0.29) is 17.1 Å². The van der Waals surface area contributed by atoms with Crippen molar-refractivity contribution in [2.24, 2.45) is 5.92 Å². The smallest absolute Gasteiger partial charge is 0.229 e. The van der Waals surface area contributed by atoms with Crippen LogP contribution in [0.4, 0.5) is 5.82 Å². The van der Waals surface area contributed by atoms with Crippen molar-refractivity contribution in [1.82, 2.24) is 29.0 Å². The molecule has 31 heavy (non-hydrogen) atoms. The highest BCUT2D eigenvalue weighted by Crippen LogP contribution is 2.32. The van der Waals surface area contributed by atoms with Crippen molar-refractivity contribution in [2.75, 3.05) is 44.2 Å². The van der Waals surface area contributed by atoms with Gasteiger partial charge in [0.15, 0.2) is 5.82 Å². The number of carbonyl (C=O) groups is 1.